The number of anilines is 1. The van der Waals surface area contributed by atoms with Gasteiger partial charge in [-0.3, -0.25) is 9.48 Å². The van der Waals surface area contributed by atoms with Crippen molar-refractivity contribution in [2.24, 2.45) is 7.05 Å². The Bertz CT molecular complexity index is 534. The number of aryl methyl sites for hydroxylation is 1. The van der Waals surface area contributed by atoms with E-state index >= 15 is 0 Å². The van der Waals surface area contributed by atoms with E-state index in [2.05, 4.69) is 15.1 Å². The molecule has 96 valence electrons. The molecule has 1 heterocycles. The zero-order chi connectivity index (χ0) is 13.2. The predicted molar refractivity (Wildman–Crippen MR) is 61.6 cm³/mol. The third-order valence-electron chi connectivity index (χ3n) is 2.27. The van der Waals surface area contributed by atoms with Gasteiger partial charge >= 0.3 is 0 Å². The first-order chi connectivity index (χ1) is 7.79. The standard InChI is InChI=1S/C8H15N5O3S/c1-5-7(8(9)12-13(5)3)17(15,16)11-4-6(14)10-2/h11H,4H2,1-3H3,(H2,9,12)(H,10,14). The number of amides is 1. The molecule has 9 heteroatoms. The first-order valence-corrected chi connectivity index (χ1v) is 6.27. The van der Waals surface area contributed by atoms with Crippen molar-refractivity contribution < 1.29 is 13.2 Å². The fourth-order valence-corrected chi connectivity index (χ4v) is 2.57. The maximum absolute atomic E-state index is 11.9. The number of hydrogen-bond donors (Lipinski definition) is 3. The molecular formula is C8H15N5O3S. The molecule has 0 aliphatic rings. The Balaban J connectivity index is 3.02. The van der Waals surface area contributed by atoms with Crippen molar-refractivity contribution in [2.75, 3.05) is 19.3 Å². The zero-order valence-electron chi connectivity index (χ0n) is 9.81. The van der Waals surface area contributed by atoms with Gasteiger partial charge in [0.1, 0.15) is 4.90 Å². The van der Waals surface area contributed by atoms with E-state index in [0.717, 1.165) is 0 Å². The smallest absolute Gasteiger partial charge is 0.246 e. The van der Waals surface area contributed by atoms with E-state index in [1.807, 2.05) is 0 Å². The van der Waals surface area contributed by atoms with Crippen LogP contribution in [0.1, 0.15) is 5.69 Å². The van der Waals surface area contributed by atoms with Gasteiger partial charge in [-0.1, -0.05) is 0 Å². The molecule has 0 unspecified atom stereocenters. The molecule has 0 spiro atoms. The molecule has 1 amide bonds. The minimum absolute atomic E-state index is 0.0885. The number of carbonyl (C=O) groups excluding carboxylic acids is 1. The van der Waals surface area contributed by atoms with Crippen LogP contribution in [0, 0.1) is 6.92 Å². The molecule has 17 heavy (non-hydrogen) atoms. The van der Waals surface area contributed by atoms with E-state index in [9.17, 15) is 13.2 Å². The summed E-state index contributed by atoms with van der Waals surface area (Å²) in [7, 11) is -0.821. The Morgan fingerprint density at radius 1 is 1.53 bits per heavy atom. The number of carbonyl (C=O) groups is 1. The van der Waals surface area contributed by atoms with E-state index in [0.29, 0.717) is 5.69 Å². The second-order valence-electron chi connectivity index (χ2n) is 3.42. The van der Waals surface area contributed by atoms with E-state index in [-0.39, 0.29) is 17.3 Å². The number of nitrogens with one attached hydrogen (secondary N) is 2. The Morgan fingerprint density at radius 2 is 2.12 bits per heavy atom. The highest BCUT2D eigenvalue weighted by Crippen LogP contribution is 2.20. The molecule has 4 N–H and O–H groups in total. The van der Waals surface area contributed by atoms with Gasteiger partial charge in [0, 0.05) is 14.1 Å². The summed E-state index contributed by atoms with van der Waals surface area (Å²) < 4.78 is 27.3. The molecule has 0 atom stereocenters. The lowest BCUT2D eigenvalue weighted by Crippen LogP contribution is -2.35. The average Bonchev–Trinajstić information content (AvgIpc) is 2.50. The minimum atomic E-state index is -3.83. The fourth-order valence-electron chi connectivity index (χ4n) is 1.27. The third kappa shape index (κ3) is 2.74. The highest BCUT2D eigenvalue weighted by Gasteiger charge is 2.24. The van der Waals surface area contributed by atoms with Crippen molar-refractivity contribution in [1.82, 2.24) is 19.8 Å². The molecule has 1 aromatic rings. The summed E-state index contributed by atoms with van der Waals surface area (Å²) in [4.78, 5) is 10.9. The quantitative estimate of drug-likeness (QED) is 0.599. The molecule has 0 aliphatic carbocycles. The van der Waals surface area contributed by atoms with Gasteiger partial charge in [-0.05, 0) is 6.92 Å². The molecule has 0 aliphatic heterocycles. The summed E-state index contributed by atoms with van der Waals surface area (Å²) in [6, 6.07) is 0. The van der Waals surface area contributed by atoms with Crippen molar-refractivity contribution in [3.05, 3.63) is 5.69 Å². The molecule has 0 fully saturated rings. The van der Waals surface area contributed by atoms with Crippen LogP contribution in [-0.4, -0.2) is 37.7 Å². The average molecular weight is 261 g/mol. The van der Waals surface area contributed by atoms with Gasteiger partial charge in [-0.15, -0.1) is 0 Å². The summed E-state index contributed by atoms with van der Waals surface area (Å²) in [5.41, 5.74) is 5.92. The number of aromatic nitrogens is 2. The lowest BCUT2D eigenvalue weighted by molar-refractivity contribution is -0.119. The highest BCUT2D eigenvalue weighted by molar-refractivity contribution is 7.89. The van der Waals surface area contributed by atoms with E-state index in [1.54, 1.807) is 14.0 Å². The number of sulfonamides is 1. The van der Waals surface area contributed by atoms with E-state index < -0.39 is 15.9 Å². The Morgan fingerprint density at radius 3 is 2.53 bits per heavy atom. The van der Waals surface area contributed by atoms with Crippen LogP contribution in [0.25, 0.3) is 0 Å². The van der Waals surface area contributed by atoms with Gasteiger partial charge < -0.3 is 11.1 Å². The second-order valence-corrected chi connectivity index (χ2v) is 5.12. The number of nitrogen functional groups attached to an aromatic ring is 1. The van der Waals surface area contributed by atoms with Crippen LogP contribution < -0.4 is 15.8 Å². The number of nitrogens with two attached hydrogens (primary N) is 1. The second kappa shape index (κ2) is 4.72. The highest BCUT2D eigenvalue weighted by atomic mass is 32.2. The van der Waals surface area contributed by atoms with Gasteiger partial charge in [0.25, 0.3) is 0 Å². The number of likely N-dealkylation sites (N-methyl/N-ethyl adjacent to an activating group) is 1. The van der Waals surface area contributed by atoms with Gasteiger partial charge in [0.2, 0.25) is 15.9 Å². The lowest BCUT2D eigenvalue weighted by Gasteiger charge is -2.05. The van der Waals surface area contributed by atoms with Crippen LogP contribution in [0.15, 0.2) is 4.90 Å². The first-order valence-electron chi connectivity index (χ1n) is 4.79. The van der Waals surface area contributed by atoms with Crippen molar-refractivity contribution in [1.29, 1.82) is 0 Å². The van der Waals surface area contributed by atoms with Crippen LogP contribution in [-0.2, 0) is 21.9 Å². The molecule has 0 bridgehead atoms. The first kappa shape index (κ1) is 13.5. The largest absolute Gasteiger partial charge is 0.381 e. The van der Waals surface area contributed by atoms with Crippen molar-refractivity contribution in [2.45, 2.75) is 11.8 Å². The van der Waals surface area contributed by atoms with E-state index in [4.69, 9.17) is 5.73 Å². The maximum atomic E-state index is 11.9. The number of hydrogen-bond acceptors (Lipinski definition) is 5. The molecule has 0 saturated carbocycles. The van der Waals surface area contributed by atoms with Crippen LogP contribution in [0.2, 0.25) is 0 Å². The normalized spacial score (nSPS) is 11.5. The molecule has 0 radical (unpaired) electrons. The Hall–Kier alpha value is -1.61. The zero-order valence-corrected chi connectivity index (χ0v) is 10.6. The summed E-state index contributed by atoms with van der Waals surface area (Å²) in [6.07, 6.45) is 0. The van der Waals surface area contributed by atoms with Crippen molar-refractivity contribution in [3.8, 4) is 0 Å². The summed E-state index contributed by atoms with van der Waals surface area (Å²) in [5.74, 6) is -0.525. The molecule has 0 aromatic carbocycles. The van der Waals surface area contributed by atoms with Gasteiger partial charge in [0.15, 0.2) is 5.82 Å². The molecule has 1 rings (SSSR count). The lowest BCUT2D eigenvalue weighted by atomic mass is 10.5. The summed E-state index contributed by atoms with van der Waals surface area (Å²) >= 11 is 0. The fraction of sp³-hybridized carbons (Fsp3) is 0.500. The summed E-state index contributed by atoms with van der Waals surface area (Å²) in [6.45, 7) is 1.24. The Kier molecular flexibility index (Phi) is 3.73. The van der Waals surface area contributed by atoms with E-state index in [1.165, 1.54) is 11.7 Å². The summed E-state index contributed by atoms with van der Waals surface area (Å²) in [5, 5.41) is 6.10. The van der Waals surface area contributed by atoms with Crippen LogP contribution >= 0.6 is 0 Å². The molecule has 0 saturated heterocycles. The SMILES string of the molecule is CNC(=O)CNS(=O)(=O)c1c(N)nn(C)c1C. The topological polar surface area (TPSA) is 119 Å². The number of rotatable bonds is 4. The maximum Gasteiger partial charge on any atom is 0.246 e. The predicted octanol–water partition coefficient (Wildman–Crippen LogP) is -1.66. The molecular weight excluding hydrogens is 246 g/mol. The van der Waals surface area contributed by atoms with Crippen molar-refractivity contribution in [3.63, 3.8) is 0 Å². The third-order valence-corrected chi connectivity index (χ3v) is 3.84. The van der Waals surface area contributed by atoms with Gasteiger partial charge in [-0.25, -0.2) is 13.1 Å². The van der Waals surface area contributed by atoms with Crippen LogP contribution in [0.3, 0.4) is 0 Å². The molecule has 8 nitrogen and oxygen atoms in total. The van der Waals surface area contributed by atoms with Gasteiger partial charge in [0.05, 0.1) is 12.2 Å². The Labute approximate surface area is 99.2 Å². The van der Waals surface area contributed by atoms with Gasteiger partial charge in [-0.2, -0.15) is 5.10 Å². The number of nitrogens with zero attached hydrogens (tertiary/aromatic N) is 2. The monoisotopic (exact) mass is 261 g/mol. The minimum Gasteiger partial charge on any atom is -0.381 e. The van der Waals surface area contributed by atoms with Crippen LogP contribution in [0.4, 0.5) is 5.82 Å². The van der Waals surface area contributed by atoms with Crippen molar-refractivity contribution >= 4 is 21.7 Å². The molecule has 1 aromatic heterocycles. The van der Waals surface area contributed by atoms with Crippen LogP contribution in [0.5, 0.6) is 0 Å².